The lowest BCUT2D eigenvalue weighted by atomic mass is 10.1. The quantitative estimate of drug-likeness (QED) is 0.454. The SMILES string of the molecule is O=c1[nH]c(-c2cccs2)nc2c1CN(Cc1ccc(-c3ccc(Br)cc3)o1)CC2. The second-order valence-corrected chi connectivity index (χ2v) is 8.91. The number of nitrogens with zero attached hydrogens (tertiary/aromatic N) is 2. The van der Waals surface area contributed by atoms with Gasteiger partial charge in [-0.2, -0.15) is 0 Å². The minimum atomic E-state index is -0.0434. The second-order valence-electron chi connectivity index (χ2n) is 7.05. The van der Waals surface area contributed by atoms with E-state index in [1.54, 1.807) is 11.3 Å². The van der Waals surface area contributed by atoms with Crippen molar-refractivity contribution in [2.45, 2.75) is 19.5 Å². The Hall–Kier alpha value is -2.48. The van der Waals surface area contributed by atoms with E-state index in [2.05, 4.69) is 25.8 Å². The van der Waals surface area contributed by atoms with E-state index in [1.165, 1.54) is 0 Å². The van der Waals surface area contributed by atoms with Crippen LogP contribution in [0.5, 0.6) is 0 Å². The summed E-state index contributed by atoms with van der Waals surface area (Å²) >= 11 is 5.03. The Morgan fingerprint density at radius 1 is 1.17 bits per heavy atom. The molecule has 0 spiro atoms. The molecule has 1 aliphatic heterocycles. The highest BCUT2D eigenvalue weighted by atomic mass is 79.9. The van der Waals surface area contributed by atoms with E-state index in [0.29, 0.717) is 18.9 Å². The van der Waals surface area contributed by atoms with Crippen molar-refractivity contribution in [3.63, 3.8) is 0 Å². The molecule has 29 heavy (non-hydrogen) atoms. The zero-order valence-electron chi connectivity index (χ0n) is 15.5. The number of furan rings is 1. The van der Waals surface area contributed by atoms with Gasteiger partial charge in [0.15, 0.2) is 5.82 Å². The van der Waals surface area contributed by atoms with E-state index in [1.807, 2.05) is 53.9 Å². The second kappa shape index (κ2) is 7.74. The zero-order chi connectivity index (χ0) is 19.8. The third-order valence-corrected chi connectivity index (χ3v) is 6.48. The van der Waals surface area contributed by atoms with Crippen molar-refractivity contribution in [3.8, 4) is 22.0 Å². The number of rotatable bonds is 4. The average Bonchev–Trinajstić information content (AvgIpc) is 3.41. The lowest BCUT2D eigenvalue weighted by molar-refractivity contribution is 0.223. The van der Waals surface area contributed by atoms with Gasteiger partial charge in [-0.1, -0.05) is 34.1 Å². The maximum atomic E-state index is 12.6. The molecule has 0 saturated carbocycles. The van der Waals surface area contributed by atoms with Crippen molar-refractivity contribution in [2.24, 2.45) is 0 Å². The molecule has 0 bridgehead atoms. The minimum absolute atomic E-state index is 0.0434. The van der Waals surface area contributed by atoms with Crippen molar-refractivity contribution in [1.29, 1.82) is 0 Å². The van der Waals surface area contributed by atoms with Crippen molar-refractivity contribution in [1.82, 2.24) is 14.9 Å². The fraction of sp³-hybridized carbons (Fsp3) is 0.182. The monoisotopic (exact) mass is 467 g/mol. The van der Waals surface area contributed by atoms with Gasteiger partial charge in [-0.3, -0.25) is 9.69 Å². The summed E-state index contributed by atoms with van der Waals surface area (Å²) in [6, 6.07) is 16.0. The Labute approximate surface area is 180 Å². The number of aromatic amines is 1. The van der Waals surface area contributed by atoms with Gasteiger partial charge in [0.1, 0.15) is 11.5 Å². The van der Waals surface area contributed by atoms with Crippen LogP contribution in [0, 0.1) is 0 Å². The van der Waals surface area contributed by atoms with Crippen molar-refractivity contribution in [3.05, 3.63) is 85.8 Å². The zero-order valence-corrected chi connectivity index (χ0v) is 17.9. The van der Waals surface area contributed by atoms with E-state index < -0.39 is 0 Å². The molecule has 0 fully saturated rings. The van der Waals surface area contributed by atoms with Gasteiger partial charge in [0, 0.05) is 29.5 Å². The molecule has 1 N–H and O–H groups in total. The van der Waals surface area contributed by atoms with Gasteiger partial charge in [-0.05, 0) is 35.7 Å². The highest BCUT2D eigenvalue weighted by molar-refractivity contribution is 9.10. The number of fused-ring (bicyclic) bond motifs is 1. The predicted molar refractivity (Wildman–Crippen MR) is 118 cm³/mol. The van der Waals surface area contributed by atoms with Gasteiger partial charge >= 0.3 is 0 Å². The number of benzene rings is 1. The van der Waals surface area contributed by atoms with Crippen LogP contribution in [0.1, 0.15) is 17.0 Å². The van der Waals surface area contributed by atoms with Gasteiger partial charge < -0.3 is 9.40 Å². The molecule has 5 nitrogen and oxygen atoms in total. The normalized spacial score (nSPS) is 14.1. The first-order valence-corrected chi connectivity index (χ1v) is 11.1. The highest BCUT2D eigenvalue weighted by Gasteiger charge is 2.22. The topological polar surface area (TPSA) is 62.1 Å². The van der Waals surface area contributed by atoms with E-state index in [9.17, 15) is 4.79 Å². The highest BCUT2D eigenvalue weighted by Crippen LogP contribution is 2.26. The van der Waals surface area contributed by atoms with Gasteiger partial charge in [0.05, 0.1) is 22.7 Å². The van der Waals surface area contributed by atoms with Crippen LogP contribution in [-0.2, 0) is 19.5 Å². The Morgan fingerprint density at radius 2 is 2.03 bits per heavy atom. The molecule has 0 saturated heterocycles. The van der Waals surface area contributed by atoms with Gasteiger partial charge in [0.2, 0.25) is 0 Å². The minimum Gasteiger partial charge on any atom is -0.460 e. The molecule has 1 aliphatic rings. The van der Waals surface area contributed by atoms with E-state index in [0.717, 1.165) is 50.7 Å². The number of nitrogens with one attached hydrogen (secondary N) is 1. The Balaban J connectivity index is 1.33. The first-order valence-electron chi connectivity index (χ1n) is 9.39. The lowest BCUT2D eigenvalue weighted by Crippen LogP contribution is -2.35. The summed E-state index contributed by atoms with van der Waals surface area (Å²) in [6.07, 6.45) is 0.762. The summed E-state index contributed by atoms with van der Waals surface area (Å²) in [5.41, 5.74) is 2.67. The molecule has 146 valence electrons. The lowest BCUT2D eigenvalue weighted by Gasteiger charge is -2.26. The first kappa shape index (κ1) is 18.5. The summed E-state index contributed by atoms with van der Waals surface area (Å²) < 4.78 is 7.08. The third kappa shape index (κ3) is 3.85. The van der Waals surface area contributed by atoms with Crippen LogP contribution in [0.3, 0.4) is 0 Å². The van der Waals surface area contributed by atoms with Gasteiger partial charge in [-0.15, -0.1) is 11.3 Å². The smallest absolute Gasteiger partial charge is 0.255 e. The molecule has 5 rings (SSSR count). The number of thiophene rings is 1. The Morgan fingerprint density at radius 3 is 2.83 bits per heavy atom. The number of halogens is 1. The average molecular weight is 468 g/mol. The standard InChI is InChI=1S/C22H18BrN3O2S/c23-15-5-3-14(4-6-15)19-8-7-16(28-19)12-26-10-9-18-17(13-26)22(27)25-21(24-18)20-2-1-11-29-20/h1-8,11H,9-10,12-13H2,(H,24,25,27). The summed E-state index contributed by atoms with van der Waals surface area (Å²) in [5.74, 6) is 2.42. The van der Waals surface area contributed by atoms with Crippen LogP contribution >= 0.6 is 27.3 Å². The molecule has 7 heteroatoms. The number of hydrogen-bond donors (Lipinski definition) is 1. The van der Waals surface area contributed by atoms with Crippen LogP contribution in [-0.4, -0.2) is 21.4 Å². The van der Waals surface area contributed by atoms with Crippen molar-refractivity contribution in [2.75, 3.05) is 6.54 Å². The van der Waals surface area contributed by atoms with E-state index in [4.69, 9.17) is 9.40 Å². The molecule has 0 amide bonds. The third-order valence-electron chi connectivity index (χ3n) is 5.07. The molecule has 1 aromatic carbocycles. The number of hydrogen-bond acceptors (Lipinski definition) is 5. The van der Waals surface area contributed by atoms with E-state index >= 15 is 0 Å². The van der Waals surface area contributed by atoms with Crippen molar-refractivity contribution >= 4 is 27.3 Å². The molecule has 4 heterocycles. The summed E-state index contributed by atoms with van der Waals surface area (Å²) in [5, 5.41) is 1.99. The van der Waals surface area contributed by atoms with Crippen LogP contribution in [0.2, 0.25) is 0 Å². The molecule has 4 aromatic rings. The number of H-pyrrole nitrogens is 1. The summed E-state index contributed by atoms with van der Waals surface area (Å²) in [7, 11) is 0. The Bertz CT molecular complexity index is 1200. The molecular weight excluding hydrogens is 450 g/mol. The van der Waals surface area contributed by atoms with Gasteiger partial charge in [0.25, 0.3) is 5.56 Å². The van der Waals surface area contributed by atoms with Crippen LogP contribution < -0.4 is 5.56 Å². The maximum absolute atomic E-state index is 12.6. The molecular formula is C22H18BrN3O2S. The van der Waals surface area contributed by atoms with Crippen LogP contribution in [0.25, 0.3) is 22.0 Å². The molecule has 0 unspecified atom stereocenters. The number of aromatic nitrogens is 2. The Kier molecular flexibility index (Phi) is 4.95. The fourth-order valence-electron chi connectivity index (χ4n) is 3.60. The van der Waals surface area contributed by atoms with Crippen LogP contribution in [0.15, 0.2) is 67.6 Å². The molecule has 0 atom stereocenters. The fourth-order valence-corrected chi connectivity index (χ4v) is 4.53. The summed E-state index contributed by atoms with van der Waals surface area (Å²) in [4.78, 5) is 23.5. The van der Waals surface area contributed by atoms with Crippen molar-refractivity contribution < 1.29 is 4.42 Å². The molecule has 0 radical (unpaired) electrons. The summed E-state index contributed by atoms with van der Waals surface area (Å²) in [6.45, 7) is 2.10. The van der Waals surface area contributed by atoms with E-state index in [-0.39, 0.29) is 5.56 Å². The van der Waals surface area contributed by atoms with Gasteiger partial charge in [-0.25, -0.2) is 4.98 Å². The molecule has 0 aliphatic carbocycles. The largest absolute Gasteiger partial charge is 0.460 e. The molecule has 3 aromatic heterocycles. The van der Waals surface area contributed by atoms with Crippen LogP contribution in [0.4, 0.5) is 0 Å². The predicted octanol–water partition coefficient (Wildman–Crippen LogP) is 5.08. The maximum Gasteiger partial charge on any atom is 0.255 e. The first-order chi connectivity index (χ1) is 14.2.